The number of benzene rings is 2. The molecule has 1 N–H and O–H groups in total. The van der Waals surface area contributed by atoms with Gasteiger partial charge < -0.3 is 9.88 Å². The molecule has 0 saturated heterocycles. The number of aromatic nitrogens is 3. The number of carbonyl (C=O) groups excluding carboxylic acids is 1. The topological polar surface area (TPSA) is 68.9 Å². The van der Waals surface area contributed by atoms with Gasteiger partial charge in [-0.05, 0) is 43.7 Å². The zero-order valence-electron chi connectivity index (χ0n) is 16.7. The minimum atomic E-state index is -0.242. The van der Waals surface area contributed by atoms with Crippen LogP contribution in [0, 0.1) is 0 Å². The predicted octanol–water partition coefficient (Wildman–Crippen LogP) is 4.74. The third-order valence-electron chi connectivity index (χ3n) is 4.88. The van der Waals surface area contributed by atoms with E-state index in [2.05, 4.69) is 10.3 Å². The molecule has 0 aliphatic rings. The Morgan fingerprint density at radius 3 is 2.47 bits per heavy atom. The van der Waals surface area contributed by atoms with Crippen LogP contribution in [0.2, 0.25) is 5.02 Å². The fourth-order valence-electron chi connectivity index (χ4n) is 3.40. The van der Waals surface area contributed by atoms with Crippen molar-refractivity contribution < 1.29 is 4.79 Å². The monoisotopic (exact) mass is 420 g/mol. The van der Waals surface area contributed by atoms with Crippen molar-refractivity contribution in [1.29, 1.82) is 0 Å². The van der Waals surface area contributed by atoms with Crippen LogP contribution in [0.1, 0.15) is 19.9 Å². The van der Waals surface area contributed by atoms with E-state index >= 15 is 0 Å². The van der Waals surface area contributed by atoms with Crippen LogP contribution < -0.4 is 10.9 Å². The van der Waals surface area contributed by atoms with E-state index in [-0.39, 0.29) is 24.1 Å². The third-order valence-corrected chi connectivity index (χ3v) is 5.13. The Balaban J connectivity index is 1.77. The Morgan fingerprint density at radius 1 is 1.10 bits per heavy atom. The summed E-state index contributed by atoms with van der Waals surface area (Å²) in [5, 5.41) is 3.44. The zero-order chi connectivity index (χ0) is 21.3. The van der Waals surface area contributed by atoms with Crippen molar-refractivity contribution in [3.05, 3.63) is 82.5 Å². The largest absolute Gasteiger partial charge is 0.332 e. The summed E-state index contributed by atoms with van der Waals surface area (Å²) in [5.74, 6) is -0.242. The summed E-state index contributed by atoms with van der Waals surface area (Å²) in [5.41, 5.74) is 3.23. The molecule has 0 unspecified atom stereocenters. The van der Waals surface area contributed by atoms with Crippen molar-refractivity contribution in [2.24, 2.45) is 0 Å². The molecule has 1 amide bonds. The van der Waals surface area contributed by atoms with Crippen molar-refractivity contribution >= 4 is 34.2 Å². The lowest BCUT2D eigenvalue weighted by Crippen LogP contribution is -2.26. The van der Waals surface area contributed by atoms with Gasteiger partial charge in [0.2, 0.25) is 5.91 Å². The Labute approximate surface area is 178 Å². The fourth-order valence-corrected chi connectivity index (χ4v) is 3.53. The van der Waals surface area contributed by atoms with Gasteiger partial charge in [-0.15, -0.1) is 0 Å². The average Bonchev–Trinajstić information content (AvgIpc) is 3.09. The van der Waals surface area contributed by atoms with Gasteiger partial charge >= 0.3 is 0 Å². The first kappa shape index (κ1) is 19.9. The van der Waals surface area contributed by atoms with E-state index < -0.39 is 0 Å². The molecule has 152 valence electrons. The van der Waals surface area contributed by atoms with Crippen LogP contribution in [-0.4, -0.2) is 20.0 Å². The van der Waals surface area contributed by atoms with Gasteiger partial charge in [0.05, 0.1) is 6.33 Å². The summed E-state index contributed by atoms with van der Waals surface area (Å²) in [6.07, 6.45) is 3.39. The Hall–Kier alpha value is -3.38. The number of rotatable bonds is 5. The van der Waals surface area contributed by atoms with Crippen LogP contribution in [0.4, 0.5) is 5.69 Å². The quantitative estimate of drug-likeness (QED) is 0.507. The Morgan fingerprint density at radius 2 is 1.80 bits per heavy atom. The van der Waals surface area contributed by atoms with Gasteiger partial charge in [0.25, 0.3) is 5.56 Å². The molecule has 30 heavy (non-hydrogen) atoms. The number of anilines is 1. The number of nitrogens with one attached hydrogen (secondary N) is 1. The molecule has 0 spiro atoms. The zero-order valence-corrected chi connectivity index (χ0v) is 17.4. The normalized spacial score (nSPS) is 11.2. The molecule has 4 aromatic rings. The first-order chi connectivity index (χ1) is 14.4. The summed E-state index contributed by atoms with van der Waals surface area (Å²) >= 11 is 5.90. The molecule has 2 aromatic heterocycles. The first-order valence-corrected chi connectivity index (χ1v) is 10.0. The van der Waals surface area contributed by atoms with E-state index in [4.69, 9.17) is 11.6 Å². The summed E-state index contributed by atoms with van der Waals surface area (Å²) < 4.78 is 3.25. The number of nitrogens with zero attached hydrogens (tertiary/aromatic N) is 3. The van der Waals surface area contributed by atoms with Gasteiger partial charge in [-0.25, -0.2) is 4.98 Å². The predicted molar refractivity (Wildman–Crippen MR) is 120 cm³/mol. The van der Waals surface area contributed by atoms with Gasteiger partial charge in [-0.3, -0.25) is 14.2 Å². The van der Waals surface area contributed by atoms with E-state index in [9.17, 15) is 9.59 Å². The molecule has 2 aromatic carbocycles. The number of hydrogen-bond acceptors (Lipinski definition) is 3. The van der Waals surface area contributed by atoms with E-state index in [0.717, 1.165) is 11.1 Å². The standard InChI is InChI=1S/C23H21ClN4O2/c1-15(2)28-14-25-21-19(16-6-4-3-5-7-16)12-27(22(21)23(28)30)13-20(29)26-18-10-8-17(24)9-11-18/h3-12,14-15H,13H2,1-2H3,(H,26,29). The molecule has 0 fully saturated rings. The molecule has 0 atom stereocenters. The van der Waals surface area contributed by atoms with E-state index in [1.807, 2.05) is 50.4 Å². The molecule has 0 saturated carbocycles. The lowest BCUT2D eigenvalue weighted by molar-refractivity contribution is -0.116. The lowest BCUT2D eigenvalue weighted by atomic mass is 10.1. The number of amides is 1. The van der Waals surface area contributed by atoms with Crippen LogP contribution in [-0.2, 0) is 11.3 Å². The molecule has 4 rings (SSSR count). The molecule has 0 aliphatic carbocycles. The molecular weight excluding hydrogens is 400 g/mol. The van der Waals surface area contributed by atoms with Gasteiger partial charge in [0.1, 0.15) is 17.6 Å². The maximum absolute atomic E-state index is 13.2. The summed E-state index contributed by atoms with van der Waals surface area (Å²) in [6.45, 7) is 3.84. The van der Waals surface area contributed by atoms with Crippen LogP contribution in [0.25, 0.3) is 22.2 Å². The molecule has 7 heteroatoms. The van der Waals surface area contributed by atoms with Gasteiger partial charge in [0.15, 0.2) is 0 Å². The summed E-state index contributed by atoms with van der Waals surface area (Å²) in [7, 11) is 0. The number of halogens is 1. The Bertz CT molecular complexity index is 1260. The maximum Gasteiger partial charge on any atom is 0.278 e. The van der Waals surface area contributed by atoms with Gasteiger partial charge in [-0.1, -0.05) is 41.9 Å². The highest BCUT2D eigenvalue weighted by atomic mass is 35.5. The second kappa shape index (κ2) is 8.16. The number of carbonyl (C=O) groups is 1. The van der Waals surface area contributed by atoms with Crippen LogP contribution in [0.5, 0.6) is 0 Å². The first-order valence-electron chi connectivity index (χ1n) is 9.65. The van der Waals surface area contributed by atoms with Crippen molar-refractivity contribution in [2.75, 3.05) is 5.32 Å². The highest BCUT2D eigenvalue weighted by Gasteiger charge is 2.18. The molecule has 0 radical (unpaired) electrons. The van der Waals surface area contributed by atoms with E-state index in [0.29, 0.717) is 21.7 Å². The SMILES string of the molecule is CC(C)n1cnc2c(-c3ccccc3)cn(CC(=O)Nc3ccc(Cl)cc3)c2c1=O. The minimum Gasteiger partial charge on any atom is -0.332 e. The van der Waals surface area contributed by atoms with Crippen LogP contribution >= 0.6 is 11.6 Å². The molecule has 0 bridgehead atoms. The van der Waals surface area contributed by atoms with Gasteiger partial charge in [-0.2, -0.15) is 0 Å². The summed E-state index contributed by atoms with van der Waals surface area (Å²) in [4.78, 5) is 30.4. The van der Waals surface area contributed by atoms with Crippen molar-refractivity contribution in [1.82, 2.24) is 14.1 Å². The highest BCUT2D eigenvalue weighted by molar-refractivity contribution is 6.30. The van der Waals surface area contributed by atoms with Gasteiger partial charge in [0, 0.05) is 28.5 Å². The number of hydrogen-bond donors (Lipinski definition) is 1. The maximum atomic E-state index is 13.2. The molecular formula is C23H21ClN4O2. The second-order valence-electron chi connectivity index (χ2n) is 7.34. The van der Waals surface area contributed by atoms with Crippen LogP contribution in [0.3, 0.4) is 0 Å². The molecule has 0 aliphatic heterocycles. The highest BCUT2D eigenvalue weighted by Crippen LogP contribution is 2.28. The fraction of sp³-hybridized carbons (Fsp3) is 0.174. The minimum absolute atomic E-state index is 0.00894. The summed E-state index contributed by atoms with van der Waals surface area (Å²) in [6, 6.07) is 16.6. The number of fused-ring (bicyclic) bond motifs is 1. The Kier molecular flexibility index (Phi) is 5.42. The van der Waals surface area contributed by atoms with Crippen molar-refractivity contribution in [3.63, 3.8) is 0 Å². The lowest BCUT2D eigenvalue weighted by Gasteiger charge is -2.11. The molecule has 6 nitrogen and oxygen atoms in total. The van der Waals surface area contributed by atoms with E-state index in [1.54, 1.807) is 39.7 Å². The van der Waals surface area contributed by atoms with E-state index in [1.165, 1.54) is 0 Å². The smallest absolute Gasteiger partial charge is 0.278 e. The average molecular weight is 421 g/mol. The second-order valence-corrected chi connectivity index (χ2v) is 7.78. The molecule has 2 heterocycles. The van der Waals surface area contributed by atoms with Crippen molar-refractivity contribution in [2.45, 2.75) is 26.4 Å². The van der Waals surface area contributed by atoms with Crippen LogP contribution in [0.15, 0.2) is 71.9 Å². The van der Waals surface area contributed by atoms with Crippen molar-refractivity contribution in [3.8, 4) is 11.1 Å². The third kappa shape index (κ3) is 3.86.